The summed E-state index contributed by atoms with van der Waals surface area (Å²) in [5.41, 5.74) is 0. The molecule has 2 unspecified atom stereocenters. The van der Waals surface area contributed by atoms with Gasteiger partial charge in [0.25, 0.3) is 0 Å². The summed E-state index contributed by atoms with van der Waals surface area (Å²) < 4.78 is 0. The number of nitrogens with one attached hydrogen (secondary N) is 1. The predicted molar refractivity (Wildman–Crippen MR) is 151 cm³/mol. The Morgan fingerprint density at radius 2 is 1.23 bits per heavy atom. The number of unbranched alkanes of at least 4 members (excludes halogenated alkanes) is 6. The van der Waals surface area contributed by atoms with Crippen LogP contribution in [-0.4, -0.2) is 34.9 Å². The Bertz CT molecular complexity index is 658. The van der Waals surface area contributed by atoms with E-state index >= 15 is 0 Å². The van der Waals surface area contributed by atoms with Gasteiger partial charge in [0, 0.05) is 6.42 Å². The number of allylic oxidation sites excluding steroid dienone is 10. The van der Waals surface area contributed by atoms with Crippen LogP contribution in [0.2, 0.25) is 0 Å². The zero-order chi connectivity index (χ0) is 25.8. The second-order valence-corrected chi connectivity index (χ2v) is 8.74. The van der Waals surface area contributed by atoms with Gasteiger partial charge in [0.15, 0.2) is 0 Å². The third-order valence-corrected chi connectivity index (χ3v) is 5.47. The van der Waals surface area contributed by atoms with E-state index in [1.54, 1.807) is 6.08 Å². The van der Waals surface area contributed by atoms with Crippen LogP contribution in [0.25, 0.3) is 0 Å². The molecule has 0 spiro atoms. The lowest BCUT2D eigenvalue weighted by molar-refractivity contribution is -0.122. The molecule has 0 aliphatic carbocycles. The van der Waals surface area contributed by atoms with Crippen LogP contribution in [0.5, 0.6) is 0 Å². The third kappa shape index (κ3) is 23.3. The molecular formula is C31H51NO3. The van der Waals surface area contributed by atoms with Gasteiger partial charge in [0.1, 0.15) is 0 Å². The molecule has 0 bridgehead atoms. The van der Waals surface area contributed by atoms with Gasteiger partial charge in [-0.25, -0.2) is 0 Å². The fourth-order valence-electron chi connectivity index (χ4n) is 3.36. The van der Waals surface area contributed by atoms with Crippen molar-refractivity contribution >= 4 is 5.91 Å². The van der Waals surface area contributed by atoms with Crippen LogP contribution in [0.15, 0.2) is 72.9 Å². The van der Waals surface area contributed by atoms with Crippen molar-refractivity contribution in [3.63, 3.8) is 0 Å². The molecule has 4 nitrogen and oxygen atoms in total. The highest BCUT2D eigenvalue weighted by Gasteiger charge is 2.17. The van der Waals surface area contributed by atoms with Crippen LogP contribution in [0, 0.1) is 0 Å². The van der Waals surface area contributed by atoms with E-state index in [9.17, 15) is 15.0 Å². The van der Waals surface area contributed by atoms with Gasteiger partial charge in [0.2, 0.25) is 5.91 Å². The maximum atomic E-state index is 12.1. The highest BCUT2D eigenvalue weighted by atomic mass is 16.3. The first-order chi connectivity index (χ1) is 17.2. The van der Waals surface area contributed by atoms with Gasteiger partial charge in [-0.2, -0.15) is 0 Å². The molecule has 3 N–H and O–H groups in total. The van der Waals surface area contributed by atoms with E-state index in [4.69, 9.17) is 0 Å². The lowest BCUT2D eigenvalue weighted by atomic mass is 10.1. The molecule has 0 heterocycles. The number of hydrogen-bond donors (Lipinski definition) is 3. The van der Waals surface area contributed by atoms with E-state index in [0.717, 1.165) is 44.9 Å². The first kappa shape index (κ1) is 32.8. The molecule has 198 valence electrons. The van der Waals surface area contributed by atoms with Gasteiger partial charge in [0.05, 0.1) is 18.8 Å². The standard InChI is InChI=1S/C31H51NO3/c1-3-5-7-9-11-13-14-15-16-17-18-19-21-23-25-27-31(35)32-29(28-33)30(34)26-24-22-20-12-10-8-6-4-2/h5,7,11,13,15-16,18-19,23-26,29-30,33-34H,3-4,6,8-10,12,14,17,20-22,27-28H2,1-2H3,(H,32,35)/b7-5-,13-11-,16-15-,19-18-,25-23-,26-24+. The van der Waals surface area contributed by atoms with E-state index in [-0.39, 0.29) is 18.9 Å². The number of carbonyl (C=O) groups excluding carboxylic acids is 1. The minimum absolute atomic E-state index is 0.200. The molecule has 2 atom stereocenters. The Morgan fingerprint density at radius 3 is 1.77 bits per heavy atom. The molecule has 0 aromatic carbocycles. The Labute approximate surface area is 215 Å². The van der Waals surface area contributed by atoms with Crippen molar-refractivity contribution in [3.8, 4) is 0 Å². The van der Waals surface area contributed by atoms with E-state index in [1.807, 2.05) is 18.2 Å². The molecule has 0 aromatic heterocycles. The van der Waals surface area contributed by atoms with Crippen molar-refractivity contribution in [2.45, 2.75) is 109 Å². The maximum absolute atomic E-state index is 12.1. The second-order valence-electron chi connectivity index (χ2n) is 8.74. The Kier molecular flexibility index (Phi) is 24.8. The summed E-state index contributed by atoms with van der Waals surface area (Å²) in [6.07, 6.45) is 37.1. The van der Waals surface area contributed by atoms with Crippen LogP contribution in [0.4, 0.5) is 0 Å². The van der Waals surface area contributed by atoms with E-state index in [2.05, 4.69) is 67.8 Å². The largest absolute Gasteiger partial charge is 0.394 e. The fraction of sp³-hybridized carbons (Fsp3) is 0.581. The Morgan fingerprint density at radius 1 is 0.714 bits per heavy atom. The van der Waals surface area contributed by atoms with Crippen molar-refractivity contribution in [1.29, 1.82) is 0 Å². The molecule has 4 heteroatoms. The summed E-state index contributed by atoms with van der Waals surface area (Å²) >= 11 is 0. The number of rotatable bonds is 22. The molecule has 0 fully saturated rings. The first-order valence-corrected chi connectivity index (χ1v) is 13.7. The second kappa shape index (κ2) is 26.4. The smallest absolute Gasteiger partial charge is 0.224 e. The maximum Gasteiger partial charge on any atom is 0.224 e. The molecule has 0 saturated carbocycles. The summed E-state index contributed by atoms with van der Waals surface area (Å²) in [6, 6.07) is -0.675. The summed E-state index contributed by atoms with van der Waals surface area (Å²) in [5, 5.41) is 22.5. The number of carbonyl (C=O) groups is 1. The molecule has 35 heavy (non-hydrogen) atoms. The molecule has 0 saturated heterocycles. The van der Waals surface area contributed by atoms with E-state index in [1.165, 1.54) is 32.1 Å². The quantitative estimate of drug-likeness (QED) is 0.111. The molecule has 0 radical (unpaired) electrons. The average molecular weight is 486 g/mol. The van der Waals surface area contributed by atoms with Crippen LogP contribution in [0.3, 0.4) is 0 Å². The van der Waals surface area contributed by atoms with Crippen LogP contribution < -0.4 is 5.32 Å². The number of aliphatic hydroxyl groups is 2. The van der Waals surface area contributed by atoms with Gasteiger partial charge < -0.3 is 15.5 Å². The van der Waals surface area contributed by atoms with Gasteiger partial charge in [-0.3, -0.25) is 4.79 Å². The number of aliphatic hydroxyl groups excluding tert-OH is 2. The normalized spacial score (nSPS) is 14.5. The summed E-state index contributed by atoms with van der Waals surface area (Å²) in [7, 11) is 0. The Balaban J connectivity index is 3.96. The highest BCUT2D eigenvalue weighted by Crippen LogP contribution is 2.08. The molecular weight excluding hydrogens is 434 g/mol. The average Bonchev–Trinajstić information content (AvgIpc) is 2.86. The SMILES string of the molecule is CC/C=C\C/C=C\C/C=C\C/C=C\C/C=C\CC(=O)NC(CO)C(O)/C=C/CCCCCCCC. The van der Waals surface area contributed by atoms with Gasteiger partial charge in [-0.1, -0.05) is 119 Å². The summed E-state index contributed by atoms with van der Waals surface area (Å²) in [4.78, 5) is 12.1. The lowest BCUT2D eigenvalue weighted by Gasteiger charge is -2.19. The molecule has 1 amide bonds. The Hall–Kier alpha value is -2.17. The molecule has 0 aromatic rings. The van der Waals surface area contributed by atoms with Crippen molar-refractivity contribution in [2.75, 3.05) is 6.61 Å². The van der Waals surface area contributed by atoms with Crippen molar-refractivity contribution in [3.05, 3.63) is 72.9 Å². The molecule has 0 aliphatic rings. The minimum atomic E-state index is -0.877. The zero-order valence-corrected chi connectivity index (χ0v) is 22.3. The van der Waals surface area contributed by atoms with Crippen LogP contribution in [-0.2, 0) is 4.79 Å². The predicted octanol–water partition coefficient (Wildman–Crippen LogP) is 7.27. The topological polar surface area (TPSA) is 69.6 Å². The number of hydrogen-bond acceptors (Lipinski definition) is 3. The van der Waals surface area contributed by atoms with E-state index < -0.39 is 12.1 Å². The van der Waals surface area contributed by atoms with Crippen LogP contribution in [0.1, 0.15) is 97.3 Å². The highest BCUT2D eigenvalue weighted by molar-refractivity contribution is 5.77. The van der Waals surface area contributed by atoms with Gasteiger partial charge in [-0.05, 0) is 44.9 Å². The minimum Gasteiger partial charge on any atom is -0.394 e. The monoisotopic (exact) mass is 485 g/mol. The summed E-state index contributed by atoms with van der Waals surface area (Å²) in [5.74, 6) is -0.200. The van der Waals surface area contributed by atoms with Crippen molar-refractivity contribution < 1.29 is 15.0 Å². The summed E-state index contributed by atoms with van der Waals surface area (Å²) in [6.45, 7) is 4.06. The van der Waals surface area contributed by atoms with Gasteiger partial charge in [-0.15, -0.1) is 0 Å². The van der Waals surface area contributed by atoms with Gasteiger partial charge >= 0.3 is 0 Å². The first-order valence-electron chi connectivity index (χ1n) is 13.7. The van der Waals surface area contributed by atoms with Crippen molar-refractivity contribution in [2.24, 2.45) is 0 Å². The fourth-order valence-corrected chi connectivity index (χ4v) is 3.36. The molecule has 0 rings (SSSR count). The zero-order valence-electron chi connectivity index (χ0n) is 22.3. The number of amides is 1. The van der Waals surface area contributed by atoms with Crippen LogP contribution >= 0.6 is 0 Å². The van der Waals surface area contributed by atoms with E-state index in [0.29, 0.717) is 0 Å². The third-order valence-electron chi connectivity index (χ3n) is 5.47. The van der Waals surface area contributed by atoms with Crippen molar-refractivity contribution in [1.82, 2.24) is 5.32 Å². The lowest BCUT2D eigenvalue weighted by Crippen LogP contribution is -2.44. The molecule has 0 aliphatic heterocycles.